The highest BCUT2D eigenvalue weighted by Crippen LogP contribution is 2.22. The smallest absolute Gasteiger partial charge is 0.207 e. The molecule has 1 heterocycles. The van der Waals surface area contributed by atoms with Crippen molar-refractivity contribution in [1.29, 1.82) is 0 Å². The van der Waals surface area contributed by atoms with E-state index in [1.807, 2.05) is 24.3 Å². The van der Waals surface area contributed by atoms with Gasteiger partial charge in [-0.15, -0.1) is 0 Å². The van der Waals surface area contributed by atoms with Gasteiger partial charge in [-0.3, -0.25) is 4.79 Å². The van der Waals surface area contributed by atoms with Crippen LogP contribution in [0.25, 0.3) is 0 Å². The molecule has 5 heteroatoms. The van der Waals surface area contributed by atoms with E-state index in [4.69, 9.17) is 0 Å². The summed E-state index contributed by atoms with van der Waals surface area (Å²) in [7, 11) is 2.23. The largest absolute Gasteiger partial charge is 0.385 e. The Hall–Kier alpha value is -3.41. The number of carbonyl (C=O) groups is 1. The molecule has 0 spiro atoms. The van der Waals surface area contributed by atoms with Crippen molar-refractivity contribution >= 4 is 6.41 Å². The van der Waals surface area contributed by atoms with Gasteiger partial charge >= 0.3 is 0 Å². The van der Waals surface area contributed by atoms with Gasteiger partial charge in [-0.2, -0.15) is 0 Å². The van der Waals surface area contributed by atoms with Gasteiger partial charge in [0.2, 0.25) is 6.41 Å². The number of hydrogen-bond donors (Lipinski definition) is 2. The zero-order valence-electron chi connectivity index (χ0n) is 23.1. The third-order valence-corrected chi connectivity index (χ3v) is 6.58. The summed E-state index contributed by atoms with van der Waals surface area (Å²) in [4.78, 5) is 14.8. The first-order valence-electron chi connectivity index (χ1n) is 13.6. The van der Waals surface area contributed by atoms with Crippen LogP contribution in [-0.4, -0.2) is 56.0 Å². The van der Waals surface area contributed by atoms with E-state index in [0.717, 1.165) is 26.2 Å². The summed E-state index contributed by atoms with van der Waals surface area (Å²) in [6.45, 7) is 15.0. The summed E-state index contributed by atoms with van der Waals surface area (Å²) in [5.74, 6) is 0.593. The van der Waals surface area contributed by atoms with Crippen LogP contribution in [0, 0.1) is 5.92 Å². The highest BCUT2D eigenvalue weighted by atomic mass is 16.1. The molecule has 1 unspecified atom stereocenters. The first-order valence-corrected chi connectivity index (χ1v) is 13.6. The van der Waals surface area contributed by atoms with Crippen molar-refractivity contribution in [1.82, 2.24) is 20.4 Å². The second-order valence-corrected chi connectivity index (χ2v) is 9.63. The van der Waals surface area contributed by atoms with Crippen molar-refractivity contribution in [3.8, 4) is 0 Å². The van der Waals surface area contributed by atoms with Gasteiger partial charge in [0.25, 0.3) is 0 Å². The van der Waals surface area contributed by atoms with Crippen LogP contribution in [0.1, 0.15) is 30.4 Å². The third kappa shape index (κ3) is 13.8. The molecule has 1 aliphatic heterocycles. The van der Waals surface area contributed by atoms with Crippen LogP contribution in [0.5, 0.6) is 0 Å². The highest BCUT2D eigenvalue weighted by Gasteiger charge is 2.19. The van der Waals surface area contributed by atoms with Gasteiger partial charge in [-0.1, -0.05) is 104 Å². The summed E-state index contributed by atoms with van der Waals surface area (Å²) in [6.07, 6.45) is 13.4. The predicted octanol–water partition coefficient (Wildman–Crippen LogP) is 5.55. The van der Waals surface area contributed by atoms with E-state index in [1.165, 1.54) is 49.2 Å². The molecule has 0 bridgehead atoms. The lowest BCUT2D eigenvalue weighted by Gasteiger charge is -2.24. The van der Waals surface area contributed by atoms with Gasteiger partial charge in [0, 0.05) is 38.4 Å². The first kappa shape index (κ1) is 30.8. The Kier molecular flexibility index (Phi) is 15.9. The van der Waals surface area contributed by atoms with Gasteiger partial charge in [0.15, 0.2) is 0 Å². The average molecular weight is 515 g/mol. The fraction of sp³-hybridized carbons (Fsp3) is 0.364. The zero-order chi connectivity index (χ0) is 27.3. The minimum Gasteiger partial charge on any atom is -0.385 e. The molecule has 1 fully saturated rings. The highest BCUT2D eigenvalue weighted by molar-refractivity contribution is 5.46. The zero-order valence-corrected chi connectivity index (χ0v) is 23.1. The lowest BCUT2D eigenvalue weighted by Crippen LogP contribution is -2.34. The van der Waals surface area contributed by atoms with Gasteiger partial charge in [-0.25, -0.2) is 0 Å². The summed E-state index contributed by atoms with van der Waals surface area (Å²) in [5.41, 5.74) is 3.92. The van der Waals surface area contributed by atoms with Crippen LogP contribution in [0.15, 0.2) is 110 Å². The summed E-state index contributed by atoms with van der Waals surface area (Å²) in [5, 5.41) is 6.07. The summed E-state index contributed by atoms with van der Waals surface area (Å²) < 4.78 is 0. The van der Waals surface area contributed by atoms with E-state index in [9.17, 15) is 4.79 Å². The molecule has 2 N–H and O–H groups in total. The molecule has 1 atom stereocenters. The first-order chi connectivity index (χ1) is 18.6. The quantitative estimate of drug-likeness (QED) is 0.197. The SMILES string of the molecule is C=C(NCc1ccccc1)C1CCCN(CCN(C)Cc2ccccc2)CC1.C=C/C=C\C=C/CNC=O. The van der Waals surface area contributed by atoms with E-state index in [1.54, 1.807) is 6.08 Å². The molecule has 204 valence electrons. The molecule has 1 amide bonds. The van der Waals surface area contributed by atoms with Gasteiger partial charge < -0.3 is 20.4 Å². The Balaban J connectivity index is 0.000000432. The second kappa shape index (κ2) is 19.7. The van der Waals surface area contributed by atoms with Crippen molar-refractivity contribution in [3.63, 3.8) is 0 Å². The monoisotopic (exact) mass is 514 g/mol. The molecule has 2 aromatic carbocycles. The number of hydrogen-bond acceptors (Lipinski definition) is 4. The molecule has 0 radical (unpaired) electrons. The molecular formula is C33H46N4O. The molecule has 0 saturated carbocycles. The topological polar surface area (TPSA) is 47.6 Å². The molecule has 3 rings (SSSR count). The van der Waals surface area contributed by atoms with Gasteiger partial charge in [0.1, 0.15) is 0 Å². The standard InChI is InChI=1S/C25H35N3.C8H11NO/c1-22(26-20-23-10-5-3-6-11-23)25-14-9-16-28(17-15-25)19-18-27(2)21-24-12-7-4-8-13-24;1-2-3-4-5-6-7-9-8-10/h3-8,10-13,25-26H,1,9,14-21H2,2H3;2-6,8H,1,7H2,(H,9,10)/b;4-3-,6-5-. The van der Waals surface area contributed by atoms with Crippen LogP contribution in [-0.2, 0) is 17.9 Å². The maximum absolute atomic E-state index is 9.71. The van der Waals surface area contributed by atoms with Crippen molar-refractivity contribution in [2.24, 2.45) is 5.92 Å². The molecular weight excluding hydrogens is 468 g/mol. The molecule has 0 aliphatic carbocycles. The van der Waals surface area contributed by atoms with Crippen LogP contribution in [0.4, 0.5) is 0 Å². The minimum atomic E-state index is 0.574. The second-order valence-electron chi connectivity index (χ2n) is 9.63. The van der Waals surface area contributed by atoms with Crippen molar-refractivity contribution < 1.29 is 4.79 Å². The van der Waals surface area contributed by atoms with E-state index >= 15 is 0 Å². The number of carbonyl (C=O) groups excluding carboxylic acids is 1. The van der Waals surface area contributed by atoms with Gasteiger partial charge in [0.05, 0.1) is 0 Å². The maximum Gasteiger partial charge on any atom is 0.207 e. The summed E-state index contributed by atoms with van der Waals surface area (Å²) >= 11 is 0. The minimum absolute atomic E-state index is 0.574. The van der Waals surface area contributed by atoms with E-state index in [0.29, 0.717) is 18.9 Å². The molecule has 2 aromatic rings. The van der Waals surface area contributed by atoms with Crippen molar-refractivity contribution in [2.45, 2.75) is 32.4 Å². The van der Waals surface area contributed by atoms with Crippen molar-refractivity contribution in [3.05, 3.63) is 121 Å². The predicted molar refractivity (Wildman–Crippen MR) is 162 cm³/mol. The Bertz CT molecular complexity index is 971. The lowest BCUT2D eigenvalue weighted by molar-refractivity contribution is -0.109. The fourth-order valence-electron chi connectivity index (χ4n) is 4.38. The Morgan fingerprint density at radius 3 is 2.39 bits per heavy atom. The number of benzene rings is 2. The Morgan fingerprint density at radius 2 is 1.71 bits per heavy atom. The third-order valence-electron chi connectivity index (χ3n) is 6.58. The van der Waals surface area contributed by atoms with E-state index < -0.39 is 0 Å². The lowest BCUT2D eigenvalue weighted by atomic mass is 9.97. The van der Waals surface area contributed by atoms with Crippen LogP contribution < -0.4 is 10.6 Å². The molecule has 38 heavy (non-hydrogen) atoms. The molecule has 1 saturated heterocycles. The van der Waals surface area contributed by atoms with Crippen LogP contribution in [0.2, 0.25) is 0 Å². The van der Waals surface area contributed by atoms with E-state index in [2.05, 4.69) is 101 Å². The number of likely N-dealkylation sites (tertiary alicyclic amines) is 1. The van der Waals surface area contributed by atoms with Crippen LogP contribution >= 0.6 is 0 Å². The molecule has 1 aliphatic rings. The van der Waals surface area contributed by atoms with Gasteiger partial charge in [-0.05, 0) is 56.4 Å². The Morgan fingerprint density at radius 1 is 1.00 bits per heavy atom. The Labute approximate surface area is 230 Å². The average Bonchev–Trinajstić information content (AvgIpc) is 3.20. The van der Waals surface area contributed by atoms with Crippen molar-refractivity contribution in [2.75, 3.05) is 39.8 Å². The number of allylic oxidation sites excluding steroid dienone is 5. The number of likely N-dealkylation sites (N-methyl/N-ethyl adjacent to an activating group) is 1. The number of nitrogens with zero attached hydrogens (tertiary/aromatic N) is 2. The fourth-order valence-corrected chi connectivity index (χ4v) is 4.38. The van der Waals surface area contributed by atoms with Crippen LogP contribution in [0.3, 0.4) is 0 Å². The number of rotatable bonds is 14. The number of nitrogens with one attached hydrogen (secondary N) is 2. The summed E-state index contributed by atoms with van der Waals surface area (Å²) in [6, 6.07) is 21.3. The normalized spacial score (nSPS) is 16.0. The van der Waals surface area contributed by atoms with E-state index in [-0.39, 0.29) is 0 Å². The maximum atomic E-state index is 9.71. The molecule has 0 aromatic heterocycles. The number of amides is 1. The molecule has 5 nitrogen and oxygen atoms in total.